The number of methoxy groups -OCH3 is 1. The molecule has 2 atom stereocenters. The molecule has 2 aromatic heterocycles. The molecule has 0 spiro atoms. The Kier molecular flexibility index (Phi) is 8.31. The first-order valence-electron chi connectivity index (χ1n) is 15.0. The number of rotatable bonds is 7. The molecule has 3 aliphatic rings. The Bertz CT molecular complexity index is 1620. The molecule has 45 heavy (non-hydrogen) atoms. The minimum atomic E-state index is -5.01. The van der Waals surface area contributed by atoms with Crippen LogP contribution in [-0.4, -0.2) is 94.3 Å². The van der Waals surface area contributed by atoms with Gasteiger partial charge in [0.1, 0.15) is 35.1 Å². The number of fused-ring (bicyclic) bond motifs is 1. The van der Waals surface area contributed by atoms with Crippen LogP contribution >= 0.6 is 0 Å². The van der Waals surface area contributed by atoms with Crippen LogP contribution in [0.15, 0.2) is 48.8 Å². The number of carbonyl (C=O) groups is 1. The lowest BCUT2D eigenvalue weighted by atomic mass is 9.72. The number of likely N-dealkylation sites (N-methyl/N-ethyl adjacent to an activating group) is 1. The number of allylic oxidation sites excluding steroid dienone is 2. The van der Waals surface area contributed by atoms with Crippen molar-refractivity contribution in [2.24, 2.45) is 5.73 Å². The lowest BCUT2D eigenvalue weighted by molar-refractivity contribution is -0.340. The number of piperazine rings is 1. The average molecular weight is 627 g/mol. The third-order valence-electron chi connectivity index (χ3n) is 9.38. The van der Waals surface area contributed by atoms with E-state index in [0.717, 1.165) is 57.9 Å². The van der Waals surface area contributed by atoms with Crippen molar-refractivity contribution in [3.05, 3.63) is 54.4 Å². The van der Waals surface area contributed by atoms with Crippen LogP contribution in [0, 0.1) is 0 Å². The lowest BCUT2D eigenvalue weighted by Gasteiger charge is -2.41. The molecule has 1 saturated heterocycles. The Morgan fingerprint density at radius 3 is 2.42 bits per heavy atom. The molecule has 4 N–H and O–H groups in total. The molecule has 1 amide bonds. The number of alkyl halides is 3. The summed E-state index contributed by atoms with van der Waals surface area (Å²) in [5, 5.41) is 5.56. The highest BCUT2D eigenvalue weighted by Crippen LogP contribution is 2.44. The molecule has 240 valence electrons. The summed E-state index contributed by atoms with van der Waals surface area (Å²) in [6, 6.07) is 5.43. The fourth-order valence-electron chi connectivity index (χ4n) is 6.98. The van der Waals surface area contributed by atoms with Crippen molar-refractivity contribution in [3.8, 4) is 17.0 Å². The fraction of sp³-hybridized carbons (Fsp3) is 0.484. The lowest BCUT2D eigenvalue weighted by Crippen LogP contribution is -2.51. The number of nitrogen functional groups attached to an aromatic ring is 1. The van der Waals surface area contributed by atoms with Crippen molar-refractivity contribution in [1.29, 1.82) is 0 Å². The number of primary amides is 1. The van der Waals surface area contributed by atoms with Crippen molar-refractivity contribution in [2.45, 2.75) is 55.6 Å². The zero-order chi connectivity index (χ0) is 31.9. The van der Waals surface area contributed by atoms with Gasteiger partial charge >= 0.3 is 6.36 Å². The predicted octanol–water partition coefficient (Wildman–Crippen LogP) is 3.57. The largest absolute Gasteiger partial charge is 0.523 e. The van der Waals surface area contributed by atoms with Gasteiger partial charge in [-0.1, -0.05) is 36.4 Å². The van der Waals surface area contributed by atoms with E-state index < -0.39 is 23.8 Å². The number of halogens is 3. The molecule has 0 bridgehead atoms. The summed E-state index contributed by atoms with van der Waals surface area (Å²) >= 11 is 0. The van der Waals surface area contributed by atoms with Crippen LogP contribution in [0.25, 0.3) is 22.3 Å². The van der Waals surface area contributed by atoms with Crippen LogP contribution in [0.1, 0.15) is 37.3 Å². The zero-order valence-electron chi connectivity index (χ0n) is 25.2. The number of ether oxygens (including phenoxy) is 2. The summed E-state index contributed by atoms with van der Waals surface area (Å²) in [6.45, 7) is 4.31. The third-order valence-corrected chi connectivity index (χ3v) is 9.38. The van der Waals surface area contributed by atoms with E-state index in [0.29, 0.717) is 28.3 Å². The number of hydrogen-bond donors (Lipinski definition) is 2. The first-order valence-corrected chi connectivity index (χ1v) is 15.0. The van der Waals surface area contributed by atoms with Crippen LogP contribution in [0.5, 0.6) is 5.75 Å². The summed E-state index contributed by atoms with van der Waals surface area (Å²) in [5.74, 6) is -0.640. The molecule has 2 aliphatic carbocycles. The zero-order valence-corrected chi connectivity index (χ0v) is 25.2. The highest BCUT2D eigenvalue weighted by Gasteiger charge is 2.51. The van der Waals surface area contributed by atoms with Gasteiger partial charge in [0.25, 0.3) is 0 Å². The molecule has 2 unspecified atom stereocenters. The molecule has 6 rings (SSSR count). The Morgan fingerprint density at radius 2 is 1.76 bits per heavy atom. The summed E-state index contributed by atoms with van der Waals surface area (Å²) < 4.78 is 52.1. The van der Waals surface area contributed by atoms with Crippen molar-refractivity contribution < 1.29 is 27.4 Å². The van der Waals surface area contributed by atoms with Crippen molar-refractivity contribution in [1.82, 2.24) is 29.5 Å². The highest BCUT2D eigenvalue weighted by atomic mass is 19.4. The molecule has 1 saturated carbocycles. The number of nitrogens with two attached hydrogens (primary N) is 2. The van der Waals surface area contributed by atoms with Gasteiger partial charge in [-0.25, -0.2) is 14.6 Å². The van der Waals surface area contributed by atoms with Crippen molar-refractivity contribution in [3.63, 3.8) is 0 Å². The Labute approximate surface area is 258 Å². The van der Waals surface area contributed by atoms with Crippen LogP contribution in [0.4, 0.5) is 19.0 Å². The third kappa shape index (κ3) is 5.77. The van der Waals surface area contributed by atoms with Gasteiger partial charge in [0.05, 0.1) is 18.5 Å². The standard InChI is InChI=1S/C31H37F3N8O3/c1-40-13-15-41(16-14-40)20-7-9-21(10-8-20)42-28-25(27(35)37-18-38-28)26(39-42)19-6-11-22(23(17-19)44-2)30(29(36)43)12-4-3-5-24(30)45-31(32,33)34/h3-6,11-12,17-18,20-21,24H,7-10,13-16H2,1-2H3,(H2,36,43)(H2,35,37,38). The summed E-state index contributed by atoms with van der Waals surface area (Å²) in [6.07, 6.45) is 3.90. The van der Waals surface area contributed by atoms with E-state index in [2.05, 4.69) is 31.6 Å². The molecule has 2 fully saturated rings. The van der Waals surface area contributed by atoms with Crippen LogP contribution in [0.2, 0.25) is 0 Å². The SMILES string of the molecule is COc1cc(-c2nn(C3CCC(N4CCN(C)CC4)CC3)c3ncnc(N)c23)ccc1C1(C(N)=O)C=CC=CC1OC(F)(F)F. The Balaban J connectivity index is 1.35. The second-order valence-electron chi connectivity index (χ2n) is 11.9. The maximum atomic E-state index is 13.4. The molecule has 0 radical (unpaired) electrons. The van der Waals surface area contributed by atoms with E-state index in [1.807, 2.05) is 4.68 Å². The maximum Gasteiger partial charge on any atom is 0.523 e. The molecule has 14 heteroatoms. The molecule has 11 nitrogen and oxygen atoms in total. The second-order valence-corrected chi connectivity index (χ2v) is 11.9. The molecular formula is C31H37F3N8O3. The number of aromatic nitrogens is 4. The molecule has 3 aromatic rings. The number of benzene rings is 1. The molecular weight excluding hydrogens is 589 g/mol. The normalized spacial score (nSPS) is 26.4. The van der Waals surface area contributed by atoms with E-state index in [9.17, 15) is 18.0 Å². The summed E-state index contributed by atoms with van der Waals surface area (Å²) in [4.78, 5) is 26.6. The molecule has 3 heterocycles. The number of nitrogens with zero attached hydrogens (tertiary/aromatic N) is 6. The van der Waals surface area contributed by atoms with Crippen LogP contribution in [-0.2, 0) is 14.9 Å². The topological polar surface area (TPSA) is 138 Å². The second kappa shape index (κ2) is 12.1. The van der Waals surface area contributed by atoms with Gasteiger partial charge in [0.2, 0.25) is 5.91 Å². The van der Waals surface area contributed by atoms with E-state index in [-0.39, 0.29) is 23.2 Å². The van der Waals surface area contributed by atoms with Gasteiger partial charge < -0.3 is 21.1 Å². The van der Waals surface area contributed by atoms with E-state index in [1.54, 1.807) is 12.1 Å². The first kappa shape index (κ1) is 31.0. The van der Waals surface area contributed by atoms with Crippen molar-refractivity contribution in [2.75, 3.05) is 46.1 Å². The number of amides is 1. The number of hydrogen-bond acceptors (Lipinski definition) is 9. The van der Waals surface area contributed by atoms with E-state index in [4.69, 9.17) is 21.3 Å². The first-order chi connectivity index (χ1) is 21.5. The maximum absolute atomic E-state index is 13.4. The van der Waals surface area contributed by atoms with Gasteiger partial charge in [-0.05, 0) is 38.8 Å². The van der Waals surface area contributed by atoms with E-state index >= 15 is 0 Å². The number of carbonyl (C=O) groups excluding carboxylic acids is 1. The minimum absolute atomic E-state index is 0.109. The molecule has 1 aliphatic heterocycles. The summed E-state index contributed by atoms with van der Waals surface area (Å²) in [5.41, 5.74) is 12.0. The van der Waals surface area contributed by atoms with Crippen LogP contribution < -0.4 is 16.2 Å². The van der Waals surface area contributed by atoms with Gasteiger partial charge in [0.15, 0.2) is 5.65 Å². The minimum Gasteiger partial charge on any atom is -0.496 e. The Morgan fingerprint density at radius 1 is 1.04 bits per heavy atom. The van der Waals surface area contributed by atoms with Gasteiger partial charge in [-0.15, -0.1) is 13.2 Å². The summed E-state index contributed by atoms with van der Waals surface area (Å²) in [7, 11) is 3.52. The monoisotopic (exact) mass is 626 g/mol. The van der Waals surface area contributed by atoms with Crippen molar-refractivity contribution >= 4 is 22.8 Å². The van der Waals surface area contributed by atoms with E-state index in [1.165, 1.54) is 37.7 Å². The highest BCUT2D eigenvalue weighted by molar-refractivity contribution is 5.99. The van der Waals surface area contributed by atoms with Gasteiger partial charge in [-0.3, -0.25) is 14.4 Å². The quantitative estimate of drug-likeness (QED) is 0.403. The smallest absolute Gasteiger partial charge is 0.496 e. The average Bonchev–Trinajstić information content (AvgIpc) is 3.42. The fourth-order valence-corrected chi connectivity index (χ4v) is 6.98. The Hall–Kier alpha value is -4.01. The van der Waals surface area contributed by atoms with Gasteiger partial charge in [-0.2, -0.15) is 5.10 Å². The molecule has 1 aromatic carbocycles. The predicted molar refractivity (Wildman–Crippen MR) is 162 cm³/mol. The van der Waals surface area contributed by atoms with Gasteiger partial charge in [0, 0.05) is 43.3 Å². The van der Waals surface area contributed by atoms with Crippen LogP contribution in [0.3, 0.4) is 0 Å². The number of anilines is 1.